The molecule has 10 heavy (non-hydrogen) atoms. The van der Waals surface area contributed by atoms with E-state index in [2.05, 4.69) is 0 Å². The SMILES string of the molecule is C[C@]1(O)CCC(=O)C12CC2. The minimum Gasteiger partial charge on any atom is -0.389 e. The summed E-state index contributed by atoms with van der Waals surface area (Å²) in [4.78, 5) is 11.2. The first-order chi connectivity index (χ1) is 4.58. The van der Waals surface area contributed by atoms with Crippen LogP contribution in [-0.4, -0.2) is 16.5 Å². The fourth-order valence-electron chi connectivity index (χ4n) is 2.08. The van der Waals surface area contributed by atoms with Gasteiger partial charge in [0.1, 0.15) is 5.78 Å². The number of ketones is 1. The monoisotopic (exact) mass is 140 g/mol. The summed E-state index contributed by atoms with van der Waals surface area (Å²) in [5.74, 6) is 0.289. The molecule has 1 spiro atoms. The molecule has 2 rings (SSSR count). The van der Waals surface area contributed by atoms with Gasteiger partial charge in [0.2, 0.25) is 0 Å². The van der Waals surface area contributed by atoms with E-state index in [-0.39, 0.29) is 11.2 Å². The predicted molar refractivity (Wildman–Crippen MR) is 36.5 cm³/mol. The third-order valence-corrected chi connectivity index (χ3v) is 3.15. The second kappa shape index (κ2) is 1.45. The molecule has 1 N–H and O–H groups in total. The van der Waals surface area contributed by atoms with Crippen molar-refractivity contribution in [3.63, 3.8) is 0 Å². The maximum absolute atomic E-state index is 11.2. The van der Waals surface area contributed by atoms with Gasteiger partial charge < -0.3 is 5.11 Å². The van der Waals surface area contributed by atoms with Crippen LogP contribution in [-0.2, 0) is 4.79 Å². The van der Waals surface area contributed by atoms with E-state index in [0.717, 1.165) is 12.8 Å². The van der Waals surface area contributed by atoms with Crippen molar-refractivity contribution in [3.8, 4) is 0 Å². The predicted octanol–water partition coefficient (Wildman–Crippen LogP) is 0.881. The molecule has 0 bridgehead atoms. The Kier molecular flexibility index (Phi) is 0.919. The summed E-state index contributed by atoms with van der Waals surface area (Å²) >= 11 is 0. The fraction of sp³-hybridized carbons (Fsp3) is 0.875. The van der Waals surface area contributed by atoms with Crippen molar-refractivity contribution in [2.24, 2.45) is 5.41 Å². The first-order valence-corrected chi connectivity index (χ1v) is 3.84. The van der Waals surface area contributed by atoms with E-state index < -0.39 is 5.60 Å². The number of aliphatic hydroxyl groups is 1. The van der Waals surface area contributed by atoms with Crippen molar-refractivity contribution in [3.05, 3.63) is 0 Å². The van der Waals surface area contributed by atoms with E-state index in [1.807, 2.05) is 0 Å². The van der Waals surface area contributed by atoms with Crippen LogP contribution in [0, 0.1) is 5.41 Å². The molecule has 0 aliphatic heterocycles. The molecule has 2 heteroatoms. The Labute approximate surface area is 60.2 Å². The van der Waals surface area contributed by atoms with Crippen LogP contribution in [0.3, 0.4) is 0 Å². The summed E-state index contributed by atoms with van der Waals surface area (Å²) in [5, 5.41) is 9.73. The number of rotatable bonds is 0. The van der Waals surface area contributed by atoms with Gasteiger partial charge in [-0.2, -0.15) is 0 Å². The molecule has 0 saturated heterocycles. The third kappa shape index (κ3) is 0.511. The zero-order valence-corrected chi connectivity index (χ0v) is 6.18. The Morgan fingerprint density at radius 1 is 1.40 bits per heavy atom. The molecule has 2 aliphatic rings. The topological polar surface area (TPSA) is 37.3 Å². The van der Waals surface area contributed by atoms with Crippen LogP contribution in [0.25, 0.3) is 0 Å². The Bertz CT molecular complexity index is 189. The van der Waals surface area contributed by atoms with Gasteiger partial charge in [0.15, 0.2) is 0 Å². The molecular weight excluding hydrogens is 128 g/mol. The van der Waals surface area contributed by atoms with E-state index in [1.165, 1.54) is 0 Å². The lowest BCUT2D eigenvalue weighted by Crippen LogP contribution is -2.33. The molecule has 0 aromatic heterocycles. The van der Waals surface area contributed by atoms with Gasteiger partial charge in [0.05, 0.1) is 11.0 Å². The van der Waals surface area contributed by atoms with Crippen LogP contribution in [0.15, 0.2) is 0 Å². The number of hydrogen-bond acceptors (Lipinski definition) is 2. The fourth-order valence-corrected chi connectivity index (χ4v) is 2.08. The smallest absolute Gasteiger partial charge is 0.142 e. The first kappa shape index (κ1) is 6.35. The number of Topliss-reactive ketones (excluding diaryl/α,β-unsaturated/α-hetero) is 1. The van der Waals surface area contributed by atoms with Gasteiger partial charge >= 0.3 is 0 Å². The molecule has 0 amide bonds. The molecular formula is C8H12O2. The minimum atomic E-state index is -0.677. The van der Waals surface area contributed by atoms with Gasteiger partial charge in [0, 0.05) is 6.42 Å². The number of carbonyl (C=O) groups is 1. The zero-order valence-electron chi connectivity index (χ0n) is 6.18. The van der Waals surface area contributed by atoms with Crippen LogP contribution in [0.2, 0.25) is 0 Å². The average molecular weight is 140 g/mol. The largest absolute Gasteiger partial charge is 0.389 e. The quantitative estimate of drug-likeness (QED) is 0.542. The van der Waals surface area contributed by atoms with Crippen LogP contribution in [0.5, 0.6) is 0 Å². The standard InChI is InChI=1S/C8H12O2/c1-7(10)3-2-6(9)8(7)4-5-8/h10H,2-5H2,1H3/t7-/m0/s1. The van der Waals surface area contributed by atoms with Crippen LogP contribution >= 0.6 is 0 Å². The van der Waals surface area contributed by atoms with Crippen molar-refractivity contribution in [2.75, 3.05) is 0 Å². The average Bonchev–Trinajstić information content (AvgIpc) is 2.58. The van der Waals surface area contributed by atoms with E-state index in [0.29, 0.717) is 12.8 Å². The Balaban J connectivity index is 2.35. The highest BCUT2D eigenvalue weighted by molar-refractivity contribution is 5.91. The molecule has 2 saturated carbocycles. The summed E-state index contributed by atoms with van der Waals surface area (Å²) < 4.78 is 0. The normalized spacial score (nSPS) is 42.8. The lowest BCUT2D eigenvalue weighted by atomic mass is 9.89. The summed E-state index contributed by atoms with van der Waals surface area (Å²) in [6.45, 7) is 1.80. The van der Waals surface area contributed by atoms with Gasteiger partial charge in [-0.3, -0.25) is 4.79 Å². The summed E-state index contributed by atoms with van der Waals surface area (Å²) in [5.41, 5.74) is -0.961. The zero-order chi connectivity index (χ0) is 7.41. The second-order valence-electron chi connectivity index (χ2n) is 3.78. The van der Waals surface area contributed by atoms with E-state index in [4.69, 9.17) is 0 Å². The van der Waals surface area contributed by atoms with Gasteiger partial charge in [0.25, 0.3) is 0 Å². The molecule has 1 atom stereocenters. The molecule has 0 heterocycles. The van der Waals surface area contributed by atoms with Gasteiger partial charge in [-0.15, -0.1) is 0 Å². The Morgan fingerprint density at radius 2 is 2.00 bits per heavy atom. The third-order valence-electron chi connectivity index (χ3n) is 3.15. The molecule has 0 radical (unpaired) electrons. The van der Waals surface area contributed by atoms with Gasteiger partial charge in [-0.25, -0.2) is 0 Å². The summed E-state index contributed by atoms with van der Waals surface area (Å²) in [6.07, 6.45) is 3.09. The Hall–Kier alpha value is -0.370. The van der Waals surface area contributed by atoms with E-state index in [1.54, 1.807) is 6.92 Å². The van der Waals surface area contributed by atoms with E-state index >= 15 is 0 Å². The van der Waals surface area contributed by atoms with Crippen molar-refractivity contribution < 1.29 is 9.90 Å². The molecule has 0 aromatic rings. The van der Waals surface area contributed by atoms with Gasteiger partial charge in [-0.05, 0) is 26.2 Å². The first-order valence-electron chi connectivity index (χ1n) is 3.84. The summed E-state index contributed by atoms with van der Waals surface area (Å²) in [7, 11) is 0. The van der Waals surface area contributed by atoms with E-state index in [9.17, 15) is 9.90 Å². The van der Waals surface area contributed by atoms with Crippen molar-refractivity contribution in [2.45, 2.75) is 38.2 Å². The lowest BCUT2D eigenvalue weighted by Gasteiger charge is -2.23. The molecule has 2 fully saturated rings. The molecule has 2 nitrogen and oxygen atoms in total. The number of hydrogen-bond donors (Lipinski definition) is 1. The number of carbonyl (C=O) groups excluding carboxylic acids is 1. The Morgan fingerprint density at radius 3 is 2.20 bits per heavy atom. The van der Waals surface area contributed by atoms with Crippen molar-refractivity contribution in [1.82, 2.24) is 0 Å². The summed E-state index contributed by atoms with van der Waals surface area (Å²) in [6, 6.07) is 0. The van der Waals surface area contributed by atoms with Crippen LogP contribution < -0.4 is 0 Å². The maximum atomic E-state index is 11.2. The van der Waals surface area contributed by atoms with Gasteiger partial charge in [-0.1, -0.05) is 0 Å². The van der Waals surface area contributed by atoms with Crippen LogP contribution in [0.1, 0.15) is 32.6 Å². The molecule has 0 aromatic carbocycles. The molecule has 2 aliphatic carbocycles. The van der Waals surface area contributed by atoms with Crippen molar-refractivity contribution in [1.29, 1.82) is 0 Å². The second-order valence-corrected chi connectivity index (χ2v) is 3.78. The highest BCUT2D eigenvalue weighted by atomic mass is 16.3. The highest BCUT2D eigenvalue weighted by Gasteiger charge is 2.64. The minimum absolute atomic E-state index is 0.285. The van der Waals surface area contributed by atoms with Crippen molar-refractivity contribution >= 4 is 5.78 Å². The highest BCUT2D eigenvalue weighted by Crippen LogP contribution is 2.60. The maximum Gasteiger partial charge on any atom is 0.142 e. The molecule has 0 unspecified atom stereocenters. The molecule has 56 valence electrons. The lowest BCUT2D eigenvalue weighted by molar-refractivity contribution is -0.126. The van der Waals surface area contributed by atoms with Crippen LogP contribution in [0.4, 0.5) is 0 Å².